The van der Waals surface area contributed by atoms with Gasteiger partial charge in [0.05, 0.1) is 11.8 Å². The SMILES string of the molecule is N[C@@H](Cc1ccccc1)C(=O)CCCCCCS(=O)(=O)O. The van der Waals surface area contributed by atoms with Crippen molar-refractivity contribution in [2.24, 2.45) is 5.73 Å². The van der Waals surface area contributed by atoms with E-state index in [-0.39, 0.29) is 11.5 Å². The first-order valence-electron chi connectivity index (χ1n) is 7.16. The van der Waals surface area contributed by atoms with Crippen molar-refractivity contribution < 1.29 is 17.8 Å². The van der Waals surface area contributed by atoms with Gasteiger partial charge >= 0.3 is 0 Å². The van der Waals surface area contributed by atoms with Crippen LogP contribution in [0.3, 0.4) is 0 Å². The highest BCUT2D eigenvalue weighted by Gasteiger charge is 2.13. The summed E-state index contributed by atoms with van der Waals surface area (Å²) < 4.78 is 29.6. The summed E-state index contributed by atoms with van der Waals surface area (Å²) in [5.74, 6) is -0.178. The Morgan fingerprint density at radius 3 is 2.33 bits per heavy atom. The molecule has 0 radical (unpaired) electrons. The summed E-state index contributed by atoms with van der Waals surface area (Å²) >= 11 is 0. The molecule has 0 amide bonds. The zero-order valence-corrected chi connectivity index (χ0v) is 12.9. The fourth-order valence-corrected chi connectivity index (χ4v) is 2.67. The van der Waals surface area contributed by atoms with Gasteiger partial charge in [0.15, 0.2) is 0 Å². The van der Waals surface area contributed by atoms with E-state index >= 15 is 0 Å². The molecule has 1 aromatic carbocycles. The molecule has 0 unspecified atom stereocenters. The highest BCUT2D eigenvalue weighted by molar-refractivity contribution is 7.85. The van der Waals surface area contributed by atoms with Crippen LogP contribution in [0.2, 0.25) is 0 Å². The number of rotatable bonds is 10. The van der Waals surface area contributed by atoms with Gasteiger partial charge in [0.25, 0.3) is 10.1 Å². The predicted octanol–water partition coefficient (Wildman–Crippen LogP) is 1.96. The lowest BCUT2D eigenvalue weighted by Crippen LogP contribution is -2.32. The third-order valence-electron chi connectivity index (χ3n) is 3.29. The lowest BCUT2D eigenvalue weighted by molar-refractivity contribution is -0.120. The van der Waals surface area contributed by atoms with Crippen LogP contribution in [0, 0.1) is 0 Å². The first-order valence-corrected chi connectivity index (χ1v) is 8.77. The molecule has 5 nitrogen and oxygen atoms in total. The van der Waals surface area contributed by atoms with E-state index in [1.165, 1.54) is 0 Å². The molecule has 3 N–H and O–H groups in total. The second-order valence-electron chi connectivity index (χ2n) is 5.21. The number of Topliss-reactive ketones (excluding diaryl/α,β-unsaturated/α-hetero) is 1. The van der Waals surface area contributed by atoms with Gasteiger partial charge in [-0.1, -0.05) is 43.2 Å². The maximum absolute atomic E-state index is 11.9. The number of nitrogens with two attached hydrogens (primary N) is 1. The minimum Gasteiger partial charge on any atom is -0.321 e. The van der Waals surface area contributed by atoms with Crippen molar-refractivity contribution in [2.75, 3.05) is 5.75 Å². The Morgan fingerprint density at radius 2 is 1.71 bits per heavy atom. The van der Waals surface area contributed by atoms with Crippen LogP contribution in [0.1, 0.15) is 37.7 Å². The lowest BCUT2D eigenvalue weighted by Gasteiger charge is -2.10. The molecule has 0 aliphatic carbocycles. The Hall–Kier alpha value is -1.24. The van der Waals surface area contributed by atoms with Crippen molar-refractivity contribution in [3.05, 3.63) is 35.9 Å². The quantitative estimate of drug-likeness (QED) is 0.508. The zero-order chi connectivity index (χ0) is 15.7. The standard InChI is InChI=1S/C15H23NO4S/c16-14(12-13-8-4-3-5-9-13)15(17)10-6-1-2-7-11-21(18,19)20/h3-5,8-9,14H,1-2,6-7,10-12,16H2,(H,18,19,20)/t14-/m0/s1. The van der Waals surface area contributed by atoms with Crippen LogP contribution in [-0.4, -0.2) is 30.5 Å². The highest BCUT2D eigenvalue weighted by atomic mass is 32.2. The summed E-state index contributed by atoms with van der Waals surface area (Å²) in [6.07, 6.45) is 3.53. The van der Waals surface area contributed by atoms with E-state index in [1.54, 1.807) is 0 Å². The van der Waals surface area contributed by atoms with Crippen LogP contribution >= 0.6 is 0 Å². The third kappa shape index (κ3) is 8.60. The second-order valence-corrected chi connectivity index (χ2v) is 6.78. The summed E-state index contributed by atoms with van der Waals surface area (Å²) in [4.78, 5) is 11.9. The molecule has 0 spiro atoms. The van der Waals surface area contributed by atoms with Crippen LogP contribution < -0.4 is 5.73 Å². The predicted molar refractivity (Wildman–Crippen MR) is 82.6 cm³/mol. The Kier molecular flexibility index (Phi) is 7.56. The fraction of sp³-hybridized carbons (Fsp3) is 0.533. The molecule has 0 fully saturated rings. The Balaban J connectivity index is 2.16. The van der Waals surface area contributed by atoms with Crippen molar-refractivity contribution in [3.63, 3.8) is 0 Å². The van der Waals surface area contributed by atoms with Crippen LogP contribution in [0.5, 0.6) is 0 Å². The van der Waals surface area contributed by atoms with E-state index in [2.05, 4.69) is 0 Å². The largest absolute Gasteiger partial charge is 0.321 e. The summed E-state index contributed by atoms with van der Waals surface area (Å²) in [6.45, 7) is 0. The summed E-state index contributed by atoms with van der Waals surface area (Å²) in [7, 11) is -3.86. The summed E-state index contributed by atoms with van der Waals surface area (Å²) in [5, 5.41) is 0. The molecule has 21 heavy (non-hydrogen) atoms. The number of carbonyl (C=O) groups excluding carboxylic acids is 1. The number of unbranched alkanes of at least 4 members (excludes halogenated alkanes) is 3. The van der Waals surface area contributed by atoms with E-state index in [0.717, 1.165) is 12.0 Å². The van der Waals surface area contributed by atoms with Crippen molar-refractivity contribution in [2.45, 2.75) is 44.6 Å². The van der Waals surface area contributed by atoms with E-state index in [4.69, 9.17) is 10.3 Å². The third-order valence-corrected chi connectivity index (χ3v) is 4.09. The van der Waals surface area contributed by atoms with Crippen LogP contribution in [0.4, 0.5) is 0 Å². The summed E-state index contributed by atoms with van der Waals surface area (Å²) in [5.41, 5.74) is 6.93. The smallest absolute Gasteiger partial charge is 0.264 e. The second kappa shape index (κ2) is 8.92. The van der Waals surface area contributed by atoms with Crippen LogP contribution in [0.15, 0.2) is 30.3 Å². The Bertz CT molecular complexity index is 528. The minimum absolute atomic E-state index is 0.0358. The molecule has 1 rings (SSSR count). The van der Waals surface area contributed by atoms with Gasteiger partial charge < -0.3 is 5.73 Å². The van der Waals surface area contributed by atoms with Crippen LogP contribution in [-0.2, 0) is 21.3 Å². The molecule has 0 bridgehead atoms. The van der Waals surface area contributed by atoms with E-state index in [0.29, 0.717) is 32.1 Å². The maximum Gasteiger partial charge on any atom is 0.264 e. The average molecular weight is 313 g/mol. The molecular formula is C15H23NO4S. The van der Waals surface area contributed by atoms with Crippen molar-refractivity contribution in [1.82, 2.24) is 0 Å². The average Bonchev–Trinajstić information content (AvgIpc) is 2.42. The van der Waals surface area contributed by atoms with Gasteiger partial charge in [-0.15, -0.1) is 0 Å². The Morgan fingerprint density at radius 1 is 1.10 bits per heavy atom. The first kappa shape index (κ1) is 17.8. The Labute approximate surface area is 126 Å². The number of hydrogen-bond acceptors (Lipinski definition) is 4. The lowest BCUT2D eigenvalue weighted by atomic mass is 9.99. The first-order chi connectivity index (χ1) is 9.88. The van der Waals surface area contributed by atoms with E-state index in [1.807, 2.05) is 30.3 Å². The topological polar surface area (TPSA) is 97.5 Å². The number of ketones is 1. The van der Waals surface area contributed by atoms with Crippen molar-refractivity contribution in [1.29, 1.82) is 0 Å². The van der Waals surface area contributed by atoms with Gasteiger partial charge in [0, 0.05) is 6.42 Å². The van der Waals surface area contributed by atoms with Crippen molar-refractivity contribution >= 4 is 15.9 Å². The normalized spacial score (nSPS) is 13.0. The molecule has 1 aromatic rings. The minimum atomic E-state index is -3.86. The molecule has 0 aliphatic rings. The molecule has 0 aromatic heterocycles. The van der Waals surface area contributed by atoms with Crippen LogP contribution in [0.25, 0.3) is 0 Å². The molecule has 0 heterocycles. The number of benzene rings is 1. The van der Waals surface area contributed by atoms with Gasteiger partial charge in [-0.25, -0.2) is 0 Å². The molecule has 0 saturated heterocycles. The number of hydrogen-bond donors (Lipinski definition) is 2. The molecule has 6 heteroatoms. The monoisotopic (exact) mass is 313 g/mol. The van der Waals surface area contributed by atoms with Gasteiger partial charge in [-0.3, -0.25) is 9.35 Å². The zero-order valence-electron chi connectivity index (χ0n) is 12.1. The van der Waals surface area contributed by atoms with Gasteiger partial charge in [0.2, 0.25) is 0 Å². The van der Waals surface area contributed by atoms with Crippen molar-refractivity contribution in [3.8, 4) is 0 Å². The van der Waals surface area contributed by atoms with E-state index in [9.17, 15) is 13.2 Å². The molecule has 118 valence electrons. The molecule has 1 atom stereocenters. The number of carbonyl (C=O) groups is 1. The van der Waals surface area contributed by atoms with Gasteiger partial charge in [-0.2, -0.15) is 8.42 Å². The molecule has 0 saturated carbocycles. The van der Waals surface area contributed by atoms with E-state index < -0.39 is 16.2 Å². The maximum atomic E-state index is 11.9. The van der Waals surface area contributed by atoms with Gasteiger partial charge in [-0.05, 0) is 24.8 Å². The highest BCUT2D eigenvalue weighted by Crippen LogP contribution is 2.08. The summed E-state index contributed by atoms with van der Waals surface area (Å²) in [6, 6.07) is 9.17. The van der Waals surface area contributed by atoms with Gasteiger partial charge in [0.1, 0.15) is 5.78 Å². The fourth-order valence-electron chi connectivity index (χ4n) is 2.10. The molecule has 0 aliphatic heterocycles. The molecular weight excluding hydrogens is 290 g/mol.